The van der Waals surface area contributed by atoms with Crippen LogP contribution < -0.4 is 4.90 Å². The number of hydrogen-bond acceptors (Lipinski definition) is 2. The minimum atomic E-state index is 0.843. The van der Waals surface area contributed by atoms with Crippen LogP contribution in [0.5, 0.6) is 0 Å². The molecule has 0 fully saturated rings. The van der Waals surface area contributed by atoms with E-state index in [-0.39, 0.29) is 0 Å². The topological polar surface area (TPSA) is 8.17 Å². The molecular formula is C55H38N2S. The molecule has 274 valence electrons. The first-order chi connectivity index (χ1) is 28.7. The van der Waals surface area contributed by atoms with Gasteiger partial charge in [-0.2, -0.15) is 0 Å². The van der Waals surface area contributed by atoms with Crippen molar-refractivity contribution in [2.45, 2.75) is 6.42 Å². The van der Waals surface area contributed by atoms with Crippen LogP contribution in [-0.2, 0) is 6.42 Å². The van der Waals surface area contributed by atoms with Crippen molar-refractivity contribution in [3.05, 3.63) is 224 Å². The molecule has 8 aromatic carbocycles. The largest absolute Gasteiger partial charge is 0.309 e. The van der Waals surface area contributed by atoms with Crippen molar-refractivity contribution in [3.63, 3.8) is 0 Å². The van der Waals surface area contributed by atoms with Gasteiger partial charge in [0.1, 0.15) is 0 Å². The normalized spacial score (nSPS) is 13.8. The molecule has 3 heteroatoms. The van der Waals surface area contributed by atoms with Crippen LogP contribution in [0.3, 0.4) is 0 Å². The van der Waals surface area contributed by atoms with E-state index in [1.54, 1.807) is 0 Å². The zero-order chi connectivity index (χ0) is 38.6. The van der Waals surface area contributed by atoms with Crippen LogP contribution in [-0.4, -0.2) is 4.57 Å². The summed E-state index contributed by atoms with van der Waals surface area (Å²) in [4.78, 5) is 2.45. The van der Waals surface area contributed by atoms with Gasteiger partial charge >= 0.3 is 0 Å². The highest BCUT2D eigenvalue weighted by atomic mass is 32.1. The summed E-state index contributed by atoms with van der Waals surface area (Å²) in [5.74, 6) is 0. The SMILES string of the molecule is C=C1/C=C\C=C/Cc2ccc(N(c3ccc(-c4ccc5c(c4)c4ccccc4n5-c4ccccc4)cc3)c3cccc4c3sc3ccccc34)cc2-c2ccccc21. The number of hydrogen-bond donors (Lipinski definition) is 0. The summed E-state index contributed by atoms with van der Waals surface area (Å²) >= 11 is 1.87. The zero-order valence-corrected chi connectivity index (χ0v) is 32.7. The van der Waals surface area contributed by atoms with Gasteiger partial charge in [-0.15, -0.1) is 11.3 Å². The van der Waals surface area contributed by atoms with Crippen molar-refractivity contribution in [1.29, 1.82) is 0 Å². The summed E-state index contributed by atoms with van der Waals surface area (Å²) in [6.45, 7) is 4.46. The third-order valence-corrected chi connectivity index (χ3v) is 12.8. The Balaban J connectivity index is 1.08. The van der Waals surface area contributed by atoms with Gasteiger partial charge in [0.15, 0.2) is 0 Å². The smallest absolute Gasteiger partial charge is 0.0640 e. The summed E-state index contributed by atoms with van der Waals surface area (Å²) in [7, 11) is 0. The fourth-order valence-electron chi connectivity index (χ4n) is 8.81. The predicted molar refractivity (Wildman–Crippen MR) is 250 cm³/mol. The summed E-state index contributed by atoms with van der Waals surface area (Å²) in [6.07, 6.45) is 9.42. The monoisotopic (exact) mass is 758 g/mol. The molecule has 0 saturated carbocycles. The van der Waals surface area contributed by atoms with E-state index in [1.165, 1.54) is 81.2 Å². The highest BCUT2D eigenvalue weighted by Gasteiger charge is 2.21. The molecule has 2 aromatic heterocycles. The Labute approximate surface area is 342 Å². The summed E-state index contributed by atoms with van der Waals surface area (Å²) in [5.41, 5.74) is 15.2. The maximum atomic E-state index is 4.46. The second-order valence-corrected chi connectivity index (χ2v) is 16.0. The number of aromatic nitrogens is 1. The number of para-hydroxylation sites is 2. The van der Waals surface area contributed by atoms with E-state index in [9.17, 15) is 0 Å². The van der Waals surface area contributed by atoms with E-state index in [4.69, 9.17) is 0 Å². The lowest BCUT2D eigenvalue weighted by Gasteiger charge is -2.28. The van der Waals surface area contributed by atoms with E-state index in [1.807, 2.05) is 11.3 Å². The lowest BCUT2D eigenvalue weighted by molar-refractivity contribution is 1.18. The van der Waals surface area contributed by atoms with Gasteiger partial charge in [0.2, 0.25) is 0 Å². The van der Waals surface area contributed by atoms with Crippen molar-refractivity contribution in [3.8, 4) is 27.9 Å². The van der Waals surface area contributed by atoms with E-state index >= 15 is 0 Å². The molecule has 0 spiro atoms. The summed E-state index contributed by atoms with van der Waals surface area (Å²) in [5, 5.41) is 5.07. The Morgan fingerprint density at radius 2 is 1.21 bits per heavy atom. The lowest BCUT2D eigenvalue weighted by Crippen LogP contribution is -2.11. The standard InChI is InChI=1S/C55H38N2S/c1-37-15-4-2-5-16-39-29-33-43(36-49(39)45-20-9-8-19-44(37)45)56(53-25-14-23-48-47-22-11-13-26-54(47)58-55(48)53)42-31-27-38(28-32-42)40-30-34-52-50(35-40)46-21-10-12-24-51(46)57(52)41-17-6-3-7-18-41/h2-15,17-36H,1,16H2/b5-2-,15-4-. The predicted octanol–water partition coefficient (Wildman–Crippen LogP) is 15.6. The van der Waals surface area contributed by atoms with Gasteiger partial charge in [0, 0.05) is 43.3 Å². The molecule has 10 aromatic rings. The molecule has 2 nitrogen and oxygen atoms in total. The van der Waals surface area contributed by atoms with E-state index in [2.05, 4.69) is 222 Å². The molecule has 58 heavy (non-hydrogen) atoms. The molecule has 0 saturated heterocycles. The third kappa shape index (κ3) is 5.71. The minimum Gasteiger partial charge on any atom is -0.309 e. The van der Waals surface area contributed by atoms with Gasteiger partial charge in [-0.05, 0) is 112 Å². The van der Waals surface area contributed by atoms with Crippen molar-refractivity contribution in [1.82, 2.24) is 4.57 Å². The number of benzene rings is 8. The molecule has 0 unspecified atom stereocenters. The Morgan fingerprint density at radius 3 is 2.09 bits per heavy atom. The third-order valence-electron chi connectivity index (χ3n) is 11.6. The Kier molecular flexibility index (Phi) is 8.27. The van der Waals surface area contributed by atoms with Crippen LogP contribution >= 0.6 is 11.3 Å². The van der Waals surface area contributed by atoms with Gasteiger partial charge in [-0.25, -0.2) is 0 Å². The Bertz CT molecular complexity index is 3270. The highest BCUT2D eigenvalue weighted by molar-refractivity contribution is 7.26. The van der Waals surface area contributed by atoms with Crippen LogP contribution in [0.2, 0.25) is 0 Å². The van der Waals surface area contributed by atoms with Crippen LogP contribution in [0.15, 0.2) is 213 Å². The highest BCUT2D eigenvalue weighted by Crippen LogP contribution is 2.46. The van der Waals surface area contributed by atoms with Crippen molar-refractivity contribution >= 4 is 76.0 Å². The first-order valence-corrected chi connectivity index (χ1v) is 20.7. The molecule has 1 aliphatic carbocycles. The fourth-order valence-corrected chi connectivity index (χ4v) is 10.0. The van der Waals surface area contributed by atoms with Crippen molar-refractivity contribution in [2.75, 3.05) is 4.90 Å². The van der Waals surface area contributed by atoms with Gasteiger partial charge < -0.3 is 9.47 Å². The molecule has 0 amide bonds. The number of thiophene rings is 1. The number of anilines is 3. The molecule has 0 bridgehead atoms. The van der Waals surface area contributed by atoms with E-state index in [0.29, 0.717) is 0 Å². The zero-order valence-electron chi connectivity index (χ0n) is 31.8. The van der Waals surface area contributed by atoms with Gasteiger partial charge in [-0.1, -0.05) is 146 Å². The first-order valence-electron chi connectivity index (χ1n) is 19.8. The number of rotatable bonds is 5. The maximum absolute atomic E-state index is 4.46. The van der Waals surface area contributed by atoms with E-state index < -0.39 is 0 Å². The van der Waals surface area contributed by atoms with Crippen molar-refractivity contribution < 1.29 is 0 Å². The van der Waals surface area contributed by atoms with Crippen LogP contribution in [0.1, 0.15) is 11.1 Å². The average Bonchev–Trinajstić information content (AvgIpc) is 3.83. The average molecular weight is 759 g/mol. The number of allylic oxidation sites excluding steroid dienone is 5. The van der Waals surface area contributed by atoms with Crippen LogP contribution in [0.4, 0.5) is 17.1 Å². The Morgan fingerprint density at radius 1 is 0.500 bits per heavy atom. The number of nitrogens with zero attached hydrogens (tertiary/aromatic N) is 2. The van der Waals surface area contributed by atoms with Crippen LogP contribution in [0, 0.1) is 0 Å². The first kappa shape index (κ1) is 34.1. The van der Waals surface area contributed by atoms with Gasteiger partial charge in [0.05, 0.1) is 21.4 Å². The molecule has 0 N–H and O–H groups in total. The second kappa shape index (κ2) is 14.1. The van der Waals surface area contributed by atoms with Crippen LogP contribution in [0.25, 0.3) is 75.5 Å². The lowest BCUT2D eigenvalue weighted by atomic mass is 9.89. The summed E-state index contributed by atoms with van der Waals surface area (Å²) in [6, 6.07) is 66.6. The molecular weight excluding hydrogens is 721 g/mol. The van der Waals surface area contributed by atoms with E-state index in [0.717, 1.165) is 28.9 Å². The second-order valence-electron chi connectivity index (χ2n) is 15.0. The molecule has 11 rings (SSSR count). The molecule has 1 aliphatic rings. The van der Waals surface area contributed by atoms with Crippen molar-refractivity contribution in [2.24, 2.45) is 0 Å². The van der Waals surface area contributed by atoms with Gasteiger partial charge in [-0.3, -0.25) is 0 Å². The minimum absolute atomic E-state index is 0.843. The fraction of sp³-hybridized carbons (Fsp3) is 0.0182. The molecule has 2 heterocycles. The maximum Gasteiger partial charge on any atom is 0.0640 e. The molecule has 0 aliphatic heterocycles. The summed E-state index contributed by atoms with van der Waals surface area (Å²) < 4.78 is 4.94. The molecule has 0 radical (unpaired) electrons. The van der Waals surface area contributed by atoms with Gasteiger partial charge in [0.25, 0.3) is 0 Å². The quantitative estimate of drug-likeness (QED) is 0.170. The Hall–Kier alpha value is -7.20. The molecule has 0 atom stereocenters. The number of fused-ring (bicyclic) bond motifs is 9.